The minimum absolute atomic E-state index is 0.0447. The van der Waals surface area contributed by atoms with Gasteiger partial charge in [-0.15, -0.1) is 0 Å². The summed E-state index contributed by atoms with van der Waals surface area (Å²) in [6, 6.07) is 5.87. The molecular weight excluding hydrogens is 318 g/mol. The second-order valence-electron chi connectivity index (χ2n) is 5.68. The molecule has 0 aliphatic carbocycles. The summed E-state index contributed by atoms with van der Waals surface area (Å²) in [5.41, 5.74) is 1.98. The summed E-state index contributed by atoms with van der Waals surface area (Å²) < 4.78 is 1.03. The van der Waals surface area contributed by atoms with E-state index in [4.69, 9.17) is 0 Å². The van der Waals surface area contributed by atoms with Crippen LogP contribution >= 0.6 is 15.9 Å². The van der Waals surface area contributed by atoms with Crippen molar-refractivity contribution in [1.82, 2.24) is 0 Å². The fourth-order valence-corrected chi connectivity index (χ4v) is 2.84. The number of carbonyl (C=O) groups is 2. The van der Waals surface area contributed by atoms with Crippen molar-refractivity contribution in [3.63, 3.8) is 0 Å². The Morgan fingerprint density at radius 1 is 1.40 bits per heavy atom. The predicted molar refractivity (Wildman–Crippen MR) is 83.8 cm³/mol. The van der Waals surface area contributed by atoms with Crippen LogP contribution in [0.15, 0.2) is 22.7 Å². The van der Waals surface area contributed by atoms with Crippen LogP contribution in [0.25, 0.3) is 0 Å². The van der Waals surface area contributed by atoms with Gasteiger partial charge >= 0.3 is 0 Å². The predicted octanol–water partition coefficient (Wildman–Crippen LogP) is 3.73. The van der Waals surface area contributed by atoms with Crippen LogP contribution in [0.1, 0.15) is 32.3 Å². The number of hydrogen-bond donors (Lipinski definition) is 0. The maximum atomic E-state index is 12.6. The number of amides is 1. The molecule has 20 heavy (non-hydrogen) atoms. The van der Waals surface area contributed by atoms with E-state index in [0.29, 0.717) is 13.0 Å². The Kier molecular flexibility index (Phi) is 4.63. The topological polar surface area (TPSA) is 37.4 Å². The zero-order chi connectivity index (χ0) is 14.9. The first-order chi connectivity index (χ1) is 9.41. The average molecular weight is 338 g/mol. The summed E-state index contributed by atoms with van der Waals surface area (Å²) in [6.45, 7) is 6.41. The Hall–Kier alpha value is -1.16. The van der Waals surface area contributed by atoms with E-state index < -0.39 is 5.92 Å². The van der Waals surface area contributed by atoms with Crippen molar-refractivity contribution in [2.75, 3.05) is 11.4 Å². The van der Waals surface area contributed by atoms with Gasteiger partial charge in [0.1, 0.15) is 5.78 Å². The Morgan fingerprint density at radius 2 is 2.10 bits per heavy atom. The van der Waals surface area contributed by atoms with Gasteiger partial charge in [-0.1, -0.05) is 29.8 Å². The largest absolute Gasteiger partial charge is 0.312 e. The van der Waals surface area contributed by atoms with E-state index in [1.165, 1.54) is 0 Å². The molecule has 1 aliphatic rings. The van der Waals surface area contributed by atoms with Gasteiger partial charge in [0.05, 0.1) is 5.92 Å². The number of nitrogens with zero attached hydrogens (tertiary/aromatic N) is 1. The third kappa shape index (κ3) is 2.95. The van der Waals surface area contributed by atoms with E-state index in [1.807, 2.05) is 39.0 Å². The van der Waals surface area contributed by atoms with Gasteiger partial charge in [-0.2, -0.15) is 0 Å². The smallest absolute Gasteiger partial charge is 0.237 e. The van der Waals surface area contributed by atoms with Gasteiger partial charge in [-0.25, -0.2) is 0 Å². The SMILES string of the molecule is Cc1cc(N2CCC[C@@H](C(=O)C(C)C)C2=O)ccc1Br. The molecule has 0 unspecified atom stereocenters. The fraction of sp³-hybridized carbons (Fsp3) is 0.500. The molecule has 1 aliphatic heterocycles. The quantitative estimate of drug-likeness (QED) is 0.788. The highest BCUT2D eigenvalue weighted by atomic mass is 79.9. The second kappa shape index (κ2) is 6.08. The summed E-state index contributed by atoms with van der Waals surface area (Å²) in [5.74, 6) is -0.534. The molecule has 0 saturated carbocycles. The monoisotopic (exact) mass is 337 g/mol. The van der Waals surface area contributed by atoms with Gasteiger partial charge in [-0.05, 0) is 43.5 Å². The zero-order valence-electron chi connectivity index (χ0n) is 12.1. The first-order valence-electron chi connectivity index (χ1n) is 7.03. The lowest BCUT2D eigenvalue weighted by Gasteiger charge is -2.32. The van der Waals surface area contributed by atoms with Crippen LogP contribution < -0.4 is 4.90 Å². The molecule has 2 rings (SSSR count). The van der Waals surface area contributed by atoms with Crippen molar-refractivity contribution in [2.24, 2.45) is 11.8 Å². The molecule has 1 fully saturated rings. The number of hydrogen-bond acceptors (Lipinski definition) is 2. The van der Waals surface area contributed by atoms with Crippen LogP contribution in [0.3, 0.4) is 0 Å². The van der Waals surface area contributed by atoms with E-state index in [9.17, 15) is 9.59 Å². The van der Waals surface area contributed by atoms with Gasteiger partial charge in [0, 0.05) is 22.6 Å². The van der Waals surface area contributed by atoms with E-state index >= 15 is 0 Å². The van der Waals surface area contributed by atoms with Crippen molar-refractivity contribution in [3.05, 3.63) is 28.2 Å². The molecule has 1 atom stereocenters. The zero-order valence-corrected chi connectivity index (χ0v) is 13.7. The molecule has 1 amide bonds. The Bertz CT molecular complexity index is 539. The van der Waals surface area contributed by atoms with E-state index in [0.717, 1.165) is 22.1 Å². The average Bonchev–Trinajstić information content (AvgIpc) is 2.41. The number of Topliss-reactive ketones (excluding diaryl/α,β-unsaturated/α-hetero) is 1. The maximum absolute atomic E-state index is 12.6. The van der Waals surface area contributed by atoms with Crippen LogP contribution in [-0.4, -0.2) is 18.2 Å². The standard InChI is InChI=1S/C16H20BrNO2/c1-10(2)15(19)13-5-4-8-18(16(13)20)12-6-7-14(17)11(3)9-12/h6-7,9-10,13H,4-5,8H2,1-3H3/t13-/m0/s1. The number of halogens is 1. The molecule has 0 N–H and O–H groups in total. The lowest BCUT2D eigenvalue weighted by Crippen LogP contribution is -2.45. The minimum atomic E-state index is -0.465. The van der Waals surface area contributed by atoms with Crippen LogP contribution in [0, 0.1) is 18.8 Å². The molecule has 0 aromatic heterocycles. The molecule has 0 radical (unpaired) electrons. The summed E-state index contributed by atoms with van der Waals surface area (Å²) in [7, 11) is 0. The van der Waals surface area contributed by atoms with Crippen molar-refractivity contribution in [2.45, 2.75) is 33.6 Å². The summed E-state index contributed by atoms with van der Waals surface area (Å²) in [5, 5.41) is 0. The van der Waals surface area contributed by atoms with E-state index in [-0.39, 0.29) is 17.6 Å². The van der Waals surface area contributed by atoms with Crippen molar-refractivity contribution in [1.29, 1.82) is 0 Å². The van der Waals surface area contributed by atoms with Gasteiger partial charge < -0.3 is 4.90 Å². The normalized spacial score (nSPS) is 19.6. The van der Waals surface area contributed by atoms with Gasteiger partial charge in [0.15, 0.2) is 0 Å². The van der Waals surface area contributed by atoms with E-state index in [2.05, 4.69) is 15.9 Å². The summed E-state index contributed by atoms with van der Waals surface area (Å²) in [6.07, 6.45) is 1.56. The van der Waals surface area contributed by atoms with Crippen LogP contribution in [0.2, 0.25) is 0 Å². The molecular formula is C16H20BrNO2. The van der Waals surface area contributed by atoms with Crippen LogP contribution in [0.4, 0.5) is 5.69 Å². The molecule has 0 spiro atoms. The first-order valence-corrected chi connectivity index (χ1v) is 7.82. The highest BCUT2D eigenvalue weighted by Gasteiger charge is 2.35. The molecule has 1 aromatic carbocycles. The molecule has 1 heterocycles. The number of carbonyl (C=O) groups excluding carboxylic acids is 2. The lowest BCUT2D eigenvalue weighted by molar-refractivity contribution is -0.135. The number of ketones is 1. The third-order valence-corrected chi connectivity index (χ3v) is 4.69. The molecule has 108 valence electrons. The van der Waals surface area contributed by atoms with Gasteiger partial charge in [0.2, 0.25) is 5.91 Å². The minimum Gasteiger partial charge on any atom is -0.312 e. The lowest BCUT2D eigenvalue weighted by atomic mass is 9.87. The Labute approximate surface area is 128 Å². The number of benzene rings is 1. The fourth-order valence-electron chi connectivity index (χ4n) is 2.59. The van der Waals surface area contributed by atoms with Crippen molar-refractivity contribution >= 4 is 33.3 Å². The molecule has 4 heteroatoms. The number of piperidine rings is 1. The number of aryl methyl sites for hydroxylation is 1. The maximum Gasteiger partial charge on any atom is 0.237 e. The summed E-state index contributed by atoms with van der Waals surface area (Å²) >= 11 is 3.47. The Morgan fingerprint density at radius 3 is 2.70 bits per heavy atom. The molecule has 1 aromatic rings. The molecule has 0 bridgehead atoms. The highest BCUT2D eigenvalue weighted by molar-refractivity contribution is 9.10. The van der Waals surface area contributed by atoms with Gasteiger partial charge in [-0.3, -0.25) is 9.59 Å². The van der Waals surface area contributed by atoms with Crippen LogP contribution in [0.5, 0.6) is 0 Å². The molecule has 3 nitrogen and oxygen atoms in total. The van der Waals surface area contributed by atoms with Crippen molar-refractivity contribution < 1.29 is 9.59 Å². The third-order valence-electron chi connectivity index (χ3n) is 3.80. The number of rotatable bonds is 3. The van der Waals surface area contributed by atoms with Crippen LogP contribution in [-0.2, 0) is 9.59 Å². The van der Waals surface area contributed by atoms with Gasteiger partial charge in [0.25, 0.3) is 0 Å². The Balaban J connectivity index is 2.26. The first kappa shape index (κ1) is 15.2. The van der Waals surface area contributed by atoms with Crippen molar-refractivity contribution in [3.8, 4) is 0 Å². The van der Waals surface area contributed by atoms with E-state index in [1.54, 1.807) is 4.90 Å². The summed E-state index contributed by atoms with van der Waals surface area (Å²) in [4.78, 5) is 26.5. The number of anilines is 1. The highest BCUT2D eigenvalue weighted by Crippen LogP contribution is 2.29. The molecule has 1 saturated heterocycles. The second-order valence-corrected chi connectivity index (χ2v) is 6.53.